The zero-order valence-electron chi connectivity index (χ0n) is 9.47. The number of thiophene rings is 1. The van der Waals surface area contributed by atoms with E-state index in [0.717, 1.165) is 19.5 Å². The minimum Gasteiger partial charge on any atom is -0.316 e. The molecular weight excluding hydrogens is 294 g/mol. The summed E-state index contributed by atoms with van der Waals surface area (Å²) in [6, 6.07) is 4.30. The van der Waals surface area contributed by atoms with E-state index in [4.69, 9.17) is 0 Å². The van der Waals surface area contributed by atoms with Gasteiger partial charge in [-0.15, -0.1) is 23.7 Å². The summed E-state index contributed by atoms with van der Waals surface area (Å²) in [5, 5.41) is 3.47. The van der Waals surface area contributed by atoms with E-state index < -0.39 is 0 Å². The predicted octanol–water partition coefficient (Wildman–Crippen LogP) is 4.11. The standard InChI is InChI=1S/C11H18BrNS.ClH/c1-11(2,3)8-13-7-6-9-4-5-10(12)14-9;/h4-5,13H,6-8H2,1-3H3;1H. The Kier molecular flexibility index (Phi) is 7.09. The van der Waals surface area contributed by atoms with E-state index in [2.05, 4.69) is 54.2 Å². The molecule has 0 saturated carbocycles. The van der Waals surface area contributed by atoms with Crippen molar-refractivity contribution in [1.29, 1.82) is 0 Å². The minimum absolute atomic E-state index is 0. The fraction of sp³-hybridized carbons (Fsp3) is 0.636. The van der Waals surface area contributed by atoms with Gasteiger partial charge in [0.1, 0.15) is 0 Å². The molecule has 0 unspecified atom stereocenters. The lowest BCUT2D eigenvalue weighted by Gasteiger charge is -2.18. The molecule has 0 atom stereocenters. The molecular formula is C11H19BrClNS. The Balaban J connectivity index is 0.00000196. The molecule has 0 aliphatic heterocycles. The number of halogens is 2. The van der Waals surface area contributed by atoms with Crippen LogP contribution in [-0.4, -0.2) is 13.1 Å². The minimum atomic E-state index is 0. The maximum atomic E-state index is 3.47. The zero-order valence-corrected chi connectivity index (χ0v) is 12.7. The van der Waals surface area contributed by atoms with Crippen molar-refractivity contribution >= 4 is 39.7 Å². The molecule has 0 fully saturated rings. The first kappa shape index (κ1) is 15.4. The monoisotopic (exact) mass is 311 g/mol. The number of rotatable bonds is 4. The fourth-order valence-electron chi connectivity index (χ4n) is 1.16. The number of hydrogen-bond acceptors (Lipinski definition) is 2. The van der Waals surface area contributed by atoms with Crippen LogP contribution >= 0.6 is 39.7 Å². The van der Waals surface area contributed by atoms with Gasteiger partial charge in [-0.05, 0) is 46.4 Å². The normalized spacial score (nSPS) is 11.2. The van der Waals surface area contributed by atoms with Crippen LogP contribution in [0.4, 0.5) is 0 Å². The first-order valence-electron chi connectivity index (χ1n) is 4.92. The summed E-state index contributed by atoms with van der Waals surface area (Å²) in [7, 11) is 0. The molecule has 1 N–H and O–H groups in total. The van der Waals surface area contributed by atoms with E-state index in [-0.39, 0.29) is 12.4 Å². The number of nitrogens with one attached hydrogen (secondary N) is 1. The van der Waals surface area contributed by atoms with Gasteiger partial charge in [-0.3, -0.25) is 0 Å². The first-order valence-corrected chi connectivity index (χ1v) is 6.53. The predicted molar refractivity (Wildman–Crippen MR) is 75.3 cm³/mol. The highest BCUT2D eigenvalue weighted by Crippen LogP contribution is 2.22. The lowest BCUT2D eigenvalue weighted by atomic mass is 9.97. The van der Waals surface area contributed by atoms with Crippen molar-refractivity contribution < 1.29 is 0 Å². The van der Waals surface area contributed by atoms with Gasteiger partial charge in [0, 0.05) is 11.4 Å². The molecule has 88 valence electrons. The van der Waals surface area contributed by atoms with Crippen molar-refractivity contribution in [2.24, 2.45) is 5.41 Å². The van der Waals surface area contributed by atoms with Crippen LogP contribution in [-0.2, 0) is 6.42 Å². The molecule has 1 aromatic rings. The Labute approximate surface area is 111 Å². The summed E-state index contributed by atoms with van der Waals surface area (Å²) < 4.78 is 1.23. The molecule has 4 heteroatoms. The van der Waals surface area contributed by atoms with Crippen LogP contribution in [0.3, 0.4) is 0 Å². The third-order valence-electron chi connectivity index (χ3n) is 1.83. The lowest BCUT2D eigenvalue weighted by molar-refractivity contribution is 0.382. The zero-order chi connectivity index (χ0) is 10.6. The Bertz CT molecular complexity index is 280. The maximum absolute atomic E-state index is 3.47. The fourth-order valence-corrected chi connectivity index (χ4v) is 2.64. The average Bonchev–Trinajstić information content (AvgIpc) is 2.44. The molecule has 1 rings (SSSR count). The quantitative estimate of drug-likeness (QED) is 0.825. The Hall–Kier alpha value is 0.430. The van der Waals surface area contributed by atoms with Crippen LogP contribution in [0.2, 0.25) is 0 Å². The Morgan fingerprint density at radius 1 is 1.33 bits per heavy atom. The molecule has 0 aromatic carbocycles. The van der Waals surface area contributed by atoms with Gasteiger partial charge in [-0.2, -0.15) is 0 Å². The molecule has 0 radical (unpaired) electrons. The highest BCUT2D eigenvalue weighted by molar-refractivity contribution is 9.11. The summed E-state index contributed by atoms with van der Waals surface area (Å²) in [5.41, 5.74) is 0.385. The highest BCUT2D eigenvalue weighted by atomic mass is 79.9. The van der Waals surface area contributed by atoms with E-state index in [1.54, 1.807) is 0 Å². The molecule has 0 saturated heterocycles. The Morgan fingerprint density at radius 2 is 2.00 bits per heavy atom. The smallest absolute Gasteiger partial charge is 0.0701 e. The van der Waals surface area contributed by atoms with E-state index in [1.165, 1.54) is 8.66 Å². The van der Waals surface area contributed by atoms with E-state index in [0.29, 0.717) is 5.41 Å². The molecule has 0 amide bonds. The average molecular weight is 313 g/mol. The number of hydrogen-bond donors (Lipinski definition) is 1. The summed E-state index contributed by atoms with van der Waals surface area (Å²) in [4.78, 5) is 1.44. The van der Waals surface area contributed by atoms with Crippen LogP contribution in [0.5, 0.6) is 0 Å². The van der Waals surface area contributed by atoms with Crippen molar-refractivity contribution in [3.63, 3.8) is 0 Å². The van der Waals surface area contributed by atoms with Gasteiger partial charge in [-0.1, -0.05) is 20.8 Å². The summed E-state index contributed by atoms with van der Waals surface area (Å²) >= 11 is 5.29. The van der Waals surface area contributed by atoms with Gasteiger partial charge in [0.25, 0.3) is 0 Å². The molecule has 1 heterocycles. The largest absolute Gasteiger partial charge is 0.316 e. The second kappa shape index (κ2) is 6.89. The van der Waals surface area contributed by atoms with Crippen molar-refractivity contribution in [3.05, 3.63) is 20.8 Å². The highest BCUT2D eigenvalue weighted by Gasteiger charge is 2.08. The third-order valence-corrected chi connectivity index (χ3v) is 3.52. The Morgan fingerprint density at radius 3 is 2.47 bits per heavy atom. The van der Waals surface area contributed by atoms with Gasteiger partial charge in [0.2, 0.25) is 0 Å². The third kappa shape index (κ3) is 7.34. The molecule has 0 spiro atoms. The second-order valence-corrected chi connectivity index (χ2v) is 7.24. The molecule has 1 nitrogen and oxygen atoms in total. The van der Waals surface area contributed by atoms with E-state index >= 15 is 0 Å². The van der Waals surface area contributed by atoms with Gasteiger partial charge >= 0.3 is 0 Å². The van der Waals surface area contributed by atoms with Crippen LogP contribution in [0.1, 0.15) is 25.6 Å². The van der Waals surface area contributed by atoms with E-state index in [9.17, 15) is 0 Å². The first-order chi connectivity index (χ1) is 6.47. The second-order valence-electron chi connectivity index (χ2n) is 4.69. The van der Waals surface area contributed by atoms with Crippen LogP contribution in [0, 0.1) is 5.41 Å². The van der Waals surface area contributed by atoms with Gasteiger partial charge < -0.3 is 5.32 Å². The van der Waals surface area contributed by atoms with Gasteiger partial charge in [-0.25, -0.2) is 0 Å². The van der Waals surface area contributed by atoms with E-state index in [1.807, 2.05) is 11.3 Å². The SMILES string of the molecule is CC(C)(C)CNCCc1ccc(Br)s1.Cl. The van der Waals surface area contributed by atoms with Crippen molar-refractivity contribution in [1.82, 2.24) is 5.32 Å². The van der Waals surface area contributed by atoms with Crippen LogP contribution in [0.15, 0.2) is 15.9 Å². The van der Waals surface area contributed by atoms with Gasteiger partial charge in [0.15, 0.2) is 0 Å². The lowest BCUT2D eigenvalue weighted by Crippen LogP contribution is -2.28. The molecule has 0 bridgehead atoms. The molecule has 15 heavy (non-hydrogen) atoms. The molecule has 0 aliphatic carbocycles. The summed E-state index contributed by atoms with van der Waals surface area (Å²) in [6.07, 6.45) is 1.13. The van der Waals surface area contributed by atoms with Crippen LogP contribution in [0.25, 0.3) is 0 Å². The van der Waals surface area contributed by atoms with Crippen molar-refractivity contribution in [2.45, 2.75) is 27.2 Å². The summed E-state index contributed by atoms with van der Waals surface area (Å²) in [5.74, 6) is 0. The molecule has 0 aliphatic rings. The molecule has 1 aromatic heterocycles. The van der Waals surface area contributed by atoms with Crippen molar-refractivity contribution in [2.75, 3.05) is 13.1 Å². The van der Waals surface area contributed by atoms with Crippen molar-refractivity contribution in [3.8, 4) is 0 Å². The van der Waals surface area contributed by atoms with Gasteiger partial charge in [0.05, 0.1) is 3.79 Å². The topological polar surface area (TPSA) is 12.0 Å². The summed E-state index contributed by atoms with van der Waals surface area (Å²) in [6.45, 7) is 8.91. The maximum Gasteiger partial charge on any atom is 0.0701 e. The van der Waals surface area contributed by atoms with Crippen LogP contribution < -0.4 is 5.32 Å².